The number of nitrogen functional groups attached to an aromatic ring is 1. The summed E-state index contributed by atoms with van der Waals surface area (Å²) < 4.78 is 6.08. The van der Waals surface area contributed by atoms with Gasteiger partial charge in [0.05, 0.1) is 18.5 Å². The molecule has 2 rings (SSSR count). The lowest BCUT2D eigenvalue weighted by Crippen LogP contribution is -1.98. The van der Waals surface area contributed by atoms with Gasteiger partial charge in [0.25, 0.3) is 0 Å². The van der Waals surface area contributed by atoms with Gasteiger partial charge in [-0.15, -0.1) is 0 Å². The molecule has 0 unspecified atom stereocenters. The number of nitrogens with two attached hydrogens (primary N) is 1. The molecule has 0 bridgehead atoms. The summed E-state index contributed by atoms with van der Waals surface area (Å²) in [6, 6.07) is 9.21. The number of methoxy groups -OCH3 is 1. The molecular formula is C12H12BrN3O. The van der Waals surface area contributed by atoms with Crippen molar-refractivity contribution in [1.29, 1.82) is 0 Å². The van der Waals surface area contributed by atoms with Crippen molar-refractivity contribution in [2.24, 2.45) is 0 Å². The summed E-state index contributed by atoms with van der Waals surface area (Å²) in [4.78, 5) is 4.22. The zero-order valence-corrected chi connectivity index (χ0v) is 10.9. The van der Waals surface area contributed by atoms with E-state index < -0.39 is 0 Å². The number of hydrogen-bond acceptors (Lipinski definition) is 4. The van der Waals surface area contributed by atoms with Crippen molar-refractivity contribution in [2.45, 2.75) is 0 Å². The van der Waals surface area contributed by atoms with E-state index in [1.54, 1.807) is 19.4 Å². The summed E-state index contributed by atoms with van der Waals surface area (Å²) in [5, 5.41) is 3.14. The number of anilines is 3. The highest BCUT2D eigenvalue weighted by atomic mass is 79.9. The first-order chi connectivity index (χ1) is 8.19. The zero-order valence-electron chi connectivity index (χ0n) is 9.27. The van der Waals surface area contributed by atoms with E-state index in [-0.39, 0.29) is 0 Å². The van der Waals surface area contributed by atoms with E-state index in [2.05, 4.69) is 26.2 Å². The average Bonchev–Trinajstić information content (AvgIpc) is 2.35. The summed E-state index contributed by atoms with van der Waals surface area (Å²) in [5.41, 5.74) is 7.29. The Balaban J connectivity index is 2.25. The minimum absolute atomic E-state index is 0.649. The van der Waals surface area contributed by atoms with Crippen molar-refractivity contribution in [3.63, 3.8) is 0 Å². The van der Waals surface area contributed by atoms with Gasteiger partial charge in [-0.1, -0.05) is 0 Å². The van der Waals surface area contributed by atoms with Crippen molar-refractivity contribution in [3.8, 4) is 5.75 Å². The van der Waals surface area contributed by atoms with E-state index >= 15 is 0 Å². The molecule has 0 radical (unpaired) electrons. The van der Waals surface area contributed by atoms with Crippen molar-refractivity contribution in [2.75, 3.05) is 18.2 Å². The minimum atomic E-state index is 0.649. The fraction of sp³-hybridized carbons (Fsp3) is 0.0833. The largest absolute Gasteiger partial charge is 0.497 e. The maximum Gasteiger partial charge on any atom is 0.130 e. The Morgan fingerprint density at radius 3 is 2.76 bits per heavy atom. The number of aromatic nitrogens is 1. The van der Waals surface area contributed by atoms with Crippen molar-refractivity contribution in [3.05, 3.63) is 41.0 Å². The number of nitrogens with one attached hydrogen (secondary N) is 1. The smallest absolute Gasteiger partial charge is 0.130 e. The molecule has 1 aromatic heterocycles. The topological polar surface area (TPSA) is 60.2 Å². The Kier molecular flexibility index (Phi) is 3.49. The van der Waals surface area contributed by atoms with Gasteiger partial charge in [-0.2, -0.15) is 0 Å². The average molecular weight is 294 g/mol. The summed E-state index contributed by atoms with van der Waals surface area (Å²) in [6.45, 7) is 0. The number of halogens is 1. The highest BCUT2D eigenvalue weighted by molar-refractivity contribution is 9.10. The molecule has 0 aliphatic carbocycles. The van der Waals surface area contributed by atoms with Gasteiger partial charge in [0, 0.05) is 16.7 Å². The first-order valence-corrected chi connectivity index (χ1v) is 5.80. The molecule has 17 heavy (non-hydrogen) atoms. The molecular weight excluding hydrogens is 282 g/mol. The zero-order chi connectivity index (χ0) is 12.3. The molecule has 0 saturated carbocycles. The van der Waals surface area contributed by atoms with Gasteiger partial charge in [0.1, 0.15) is 11.6 Å². The Hall–Kier alpha value is -1.75. The third-order valence-corrected chi connectivity index (χ3v) is 2.72. The van der Waals surface area contributed by atoms with Gasteiger partial charge >= 0.3 is 0 Å². The molecule has 4 nitrogen and oxygen atoms in total. The van der Waals surface area contributed by atoms with E-state index in [0.717, 1.165) is 21.7 Å². The van der Waals surface area contributed by atoms with Crippen LogP contribution in [0.15, 0.2) is 41.0 Å². The van der Waals surface area contributed by atoms with E-state index in [4.69, 9.17) is 10.5 Å². The van der Waals surface area contributed by atoms with Crippen molar-refractivity contribution >= 4 is 33.1 Å². The number of benzene rings is 1. The van der Waals surface area contributed by atoms with E-state index in [0.29, 0.717) is 5.69 Å². The van der Waals surface area contributed by atoms with Crippen LogP contribution < -0.4 is 15.8 Å². The monoisotopic (exact) mass is 293 g/mol. The van der Waals surface area contributed by atoms with Crippen LogP contribution in [0.1, 0.15) is 0 Å². The second-order valence-corrected chi connectivity index (χ2v) is 4.36. The SMILES string of the molecule is COc1ccc(N)c(Nc2ccc(Br)cn2)c1. The van der Waals surface area contributed by atoms with Crippen LogP contribution in [0.2, 0.25) is 0 Å². The maximum absolute atomic E-state index is 5.87. The van der Waals surface area contributed by atoms with Gasteiger partial charge in [0.2, 0.25) is 0 Å². The van der Waals surface area contributed by atoms with Crippen LogP contribution in [0.3, 0.4) is 0 Å². The van der Waals surface area contributed by atoms with Gasteiger partial charge < -0.3 is 15.8 Å². The third-order valence-electron chi connectivity index (χ3n) is 2.25. The van der Waals surface area contributed by atoms with E-state index in [9.17, 15) is 0 Å². The Bertz CT molecular complexity index is 514. The van der Waals surface area contributed by atoms with Gasteiger partial charge in [-0.3, -0.25) is 0 Å². The number of hydrogen-bond donors (Lipinski definition) is 2. The lowest BCUT2D eigenvalue weighted by atomic mass is 10.2. The number of rotatable bonds is 3. The number of pyridine rings is 1. The fourth-order valence-electron chi connectivity index (χ4n) is 1.36. The highest BCUT2D eigenvalue weighted by Crippen LogP contribution is 2.27. The van der Waals surface area contributed by atoms with Gasteiger partial charge in [-0.05, 0) is 40.2 Å². The molecule has 0 saturated heterocycles. The normalized spacial score (nSPS) is 10.0. The lowest BCUT2D eigenvalue weighted by Gasteiger charge is -2.10. The molecule has 88 valence electrons. The molecule has 2 aromatic rings. The second-order valence-electron chi connectivity index (χ2n) is 3.44. The van der Waals surface area contributed by atoms with Crippen LogP contribution in [-0.4, -0.2) is 12.1 Å². The minimum Gasteiger partial charge on any atom is -0.497 e. The van der Waals surface area contributed by atoms with Crippen LogP contribution in [0.4, 0.5) is 17.2 Å². The highest BCUT2D eigenvalue weighted by Gasteiger charge is 2.02. The number of ether oxygens (including phenoxy) is 1. The Morgan fingerprint density at radius 1 is 1.29 bits per heavy atom. The standard InChI is InChI=1S/C12H12BrN3O/c1-17-9-3-4-10(14)11(6-9)16-12-5-2-8(13)7-15-12/h2-7H,14H2,1H3,(H,15,16). The van der Waals surface area contributed by atoms with Crippen LogP contribution in [-0.2, 0) is 0 Å². The molecule has 0 atom stereocenters. The molecule has 1 aromatic carbocycles. The predicted molar refractivity (Wildman–Crippen MR) is 72.6 cm³/mol. The van der Waals surface area contributed by atoms with E-state index in [1.165, 1.54) is 0 Å². The summed E-state index contributed by atoms with van der Waals surface area (Å²) in [7, 11) is 1.62. The quantitative estimate of drug-likeness (QED) is 0.854. The first kappa shape index (κ1) is 11.7. The third kappa shape index (κ3) is 2.88. The predicted octanol–water partition coefficient (Wildman–Crippen LogP) is 3.18. The molecule has 5 heteroatoms. The number of nitrogens with zero attached hydrogens (tertiary/aromatic N) is 1. The molecule has 0 fully saturated rings. The van der Waals surface area contributed by atoms with E-state index in [1.807, 2.05) is 24.3 Å². The molecule has 0 amide bonds. The van der Waals surface area contributed by atoms with Crippen LogP contribution in [0, 0.1) is 0 Å². The molecule has 0 aliphatic heterocycles. The molecule has 1 heterocycles. The van der Waals surface area contributed by atoms with Crippen molar-refractivity contribution < 1.29 is 4.74 Å². The summed E-state index contributed by atoms with van der Waals surface area (Å²) in [5.74, 6) is 1.48. The second kappa shape index (κ2) is 5.05. The molecule has 0 aliphatic rings. The summed E-state index contributed by atoms with van der Waals surface area (Å²) in [6.07, 6.45) is 1.72. The van der Waals surface area contributed by atoms with Crippen LogP contribution in [0.25, 0.3) is 0 Å². The molecule has 3 N–H and O–H groups in total. The lowest BCUT2D eigenvalue weighted by molar-refractivity contribution is 0.415. The van der Waals surface area contributed by atoms with Gasteiger partial charge in [0.15, 0.2) is 0 Å². The maximum atomic E-state index is 5.87. The van der Waals surface area contributed by atoms with Crippen LogP contribution in [0.5, 0.6) is 5.75 Å². The van der Waals surface area contributed by atoms with Crippen LogP contribution >= 0.6 is 15.9 Å². The van der Waals surface area contributed by atoms with Crippen molar-refractivity contribution in [1.82, 2.24) is 4.98 Å². The molecule has 0 spiro atoms. The Morgan fingerprint density at radius 2 is 2.12 bits per heavy atom. The summed E-state index contributed by atoms with van der Waals surface area (Å²) >= 11 is 3.33. The first-order valence-electron chi connectivity index (χ1n) is 5.01. The Labute approximate surface area is 108 Å². The van der Waals surface area contributed by atoms with Gasteiger partial charge in [-0.25, -0.2) is 4.98 Å². The fourth-order valence-corrected chi connectivity index (χ4v) is 1.59.